The molecule has 0 saturated heterocycles. The molecule has 0 N–H and O–H groups in total. The van der Waals surface area contributed by atoms with Gasteiger partial charge in [0.25, 0.3) is 0 Å². The number of benzene rings is 1. The van der Waals surface area contributed by atoms with Crippen molar-refractivity contribution >= 4 is 0 Å². The molecule has 1 heterocycles. The number of rotatable bonds is 3. The third kappa shape index (κ3) is 2.81. The monoisotopic (exact) mass is 228 g/mol. The van der Waals surface area contributed by atoms with E-state index in [0.29, 0.717) is 6.61 Å². The Morgan fingerprint density at radius 2 is 1.76 bits per heavy atom. The van der Waals surface area contributed by atoms with Crippen LogP contribution in [0.1, 0.15) is 18.4 Å². The molecule has 0 fully saturated rings. The largest absolute Gasteiger partial charge is 0.494 e. The second-order valence-corrected chi connectivity index (χ2v) is 3.90. The van der Waals surface area contributed by atoms with Gasteiger partial charge < -0.3 is 4.74 Å². The highest BCUT2D eigenvalue weighted by Crippen LogP contribution is 2.21. The van der Waals surface area contributed by atoms with Gasteiger partial charge in [-0.3, -0.25) is 0 Å². The maximum absolute atomic E-state index is 5.41. The van der Waals surface area contributed by atoms with Crippen LogP contribution in [0.2, 0.25) is 0 Å². The summed E-state index contributed by atoms with van der Waals surface area (Å²) in [5.74, 6) is 1.69. The number of aromatic nitrogens is 2. The van der Waals surface area contributed by atoms with Crippen LogP contribution in [-0.2, 0) is 0 Å². The normalized spacial score (nSPS) is 10.3. The van der Waals surface area contributed by atoms with E-state index in [1.165, 1.54) is 0 Å². The number of ether oxygens (including phenoxy) is 1. The van der Waals surface area contributed by atoms with Crippen molar-refractivity contribution in [1.82, 2.24) is 9.97 Å². The van der Waals surface area contributed by atoms with E-state index in [4.69, 9.17) is 4.74 Å². The summed E-state index contributed by atoms with van der Waals surface area (Å²) in [6.45, 7) is 6.55. The van der Waals surface area contributed by atoms with Gasteiger partial charge in [-0.2, -0.15) is 0 Å². The van der Waals surface area contributed by atoms with Crippen LogP contribution < -0.4 is 4.74 Å². The van der Waals surface area contributed by atoms with Gasteiger partial charge in [-0.05, 0) is 51.1 Å². The molecule has 3 heteroatoms. The van der Waals surface area contributed by atoms with Crippen molar-refractivity contribution in [3.63, 3.8) is 0 Å². The second kappa shape index (κ2) is 4.95. The smallest absolute Gasteiger partial charge is 0.126 e. The van der Waals surface area contributed by atoms with Crippen LogP contribution in [-0.4, -0.2) is 16.6 Å². The van der Waals surface area contributed by atoms with Gasteiger partial charge in [0.1, 0.15) is 11.6 Å². The highest BCUT2D eigenvalue weighted by Gasteiger charge is 2.02. The molecule has 88 valence electrons. The predicted molar refractivity (Wildman–Crippen MR) is 68.1 cm³/mol. The Labute approximate surface area is 102 Å². The minimum absolute atomic E-state index is 0.686. The quantitative estimate of drug-likeness (QED) is 0.809. The van der Waals surface area contributed by atoms with Gasteiger partial charge >= 0.3 is 0 Å². The first-order valence-corrected chi connectivity index (χ1v) is 5.74. The Morgan fingerprint density at radius 1 is 1.06 bits per heavy atom. The first-order chi connectivity index (χ1) is 8.19. The summed E-state index contributed by atoms with van der Waals surface area (Å²) in [5.41, 5.74) is 3.03. The van der Waals surface area contributed by atoms with Crippen molar-refractivity contribution in [3.8, 4) is 17.0 Å². The molecule has 0 spiro atoms. The zero-order chi connectivity index (χ0) is 12.3. The van der Waals surface area contributed by atoms with Gasteiger partial charge in [-0.15, -0.1) is 0 Å². The molecule has 0 atom stereocenters. The van der Waals surface area contributed by atoms with Gasteiger partial charge in [0, 0.05) is 11.3 Å². The average Bonchev–Trinajstić information content (AvgIpc) is 2.29. The summed E-state index contributed by atoms with van der Waals surface area (Å²) in [5, 5.41) is 0. The predicted octanol–water partition coefficient (Wildman–Crippen LogP) is 3.16. The third-order valence-electron chi connectivity index (χ3n) is 2.43. The van der Waals surface area contributed by atoms with E-state index in [9.17, 15) is 0 Å². The van der Waals surface area contributed by atoms with Crippen LogP contribution >= 0.6 is 0 Å². The molecule has 0 aliphatic rings. The lowest BCUT2D eigenvalue weighted by atomic mass is 10.1. The first-order valence-electron chi connectivity index (χ1n) is 5.74. The van der Waals surface area contributed by atoms with Crippen molar-refractivity contribution in [2.45, 2.75) is 20.8 Å². The molecule has 0 amide bonds. The number of hydrogen-bond acceptors (Lipinski definition) is 3. The Hall–Kier alpha value is -1.90. The molecule has 2 aromatic rings. The van der Waals surface area contributed by atoms with Crippen LogP contribution in [0.4, 0.5) is 0 Å². The fraction of sp³-hybridized carbons (Fsp3) is 0.286. The van der Waals surface area contributed by atoms with E-state index in [2.05, 4.69) is 9.97 Å². The van der Waals surface area contributed by atoms with Crippen molar-refractivity contribution in [1.29, 1.82) is 0 Å². The fourth-order valence-electron chi connectivity index (χ4n) is 1.75. The van der Waals surface area contributed by atoms with E-state index in [1.807, 2.05) is 51.1 Å². The summed E-state index contributed by atoms with van der Waals surface area (Å²) in [6, 6.07) is 9.96. The third-order valence-corrected chi connectivity index (χ3v) is 2.43. The Kier molecular flexibility index (Phi) is 3.38. The molecule has 0 aliphatic carbocycles. The molecule has 1 aromatic carbocycles. The SMILES string of the molecule is CCOc1ccc(-c2cc(C)nc(C)n2)cc1. The zero-order valence-corrected chi connectivity index (χ0v) is 10.4. The second-order valence-electron chi connectivity index (χ2n) is 3.90. The van der Waals surface area contributed by atoms with Gasteiger partial charge in [-0.1, -0.05) is 0 Å². The lowest BCUT2D eigenvalue weighted by molar-refractivity contribution is 0.340. The molecular formula is C14H16N2O. The molecule has 0 saturated carbocycles. The van der Waals surface area contributed by atoms with Gasteiger partial charge in [0.2, 0.25) is 0 Å². The summed E-state index contributed by atoms with van der Waals surface area (Å²) in [6.07, 6.45) is 0. The topological polar surface area (TPSA) is 35.0 Å². The number of aryl methyl sites for hydroxylation is 2. The van der Waals surface area contributed by atoms with Gasteiger partial charge in [0.15, 0.2) is 0 Å². The molecule has 0 radical (unpaired) electrons. The molecular weight excluding hydrogens is 212 g/mol. The molecule has 0 unspecified atom stereocenters. The van der Waals surface area contributed by atoms with Crippen molar-refractivity contribution in [2.75, 3.05) is 6.61 Å². The zero-order valence-electron chi connectivity index (χ0n) is 10.4. The molecule has 0 bridgehead atoms. The minimum Gasteiger partial charge on any atom is -0.494 e. The van der Waals surface area contributed by atoms with Crippen LogP contribution in [0.5, 0.6) is 5.75 Å². The summed E-state index contributed by atoms with van der Waals surface area (Å²) >= 11 is 0. The van der Waals surface area contributed by atoms with Crippen LogP contribution in [0.15, 0.2) is 30.3 Å². The van der Waals surface area contributed by atoms with Crippen molar-refractivity contribution < 1.29 is 4.74 Å². The van der Waals surface area contributed by atoms with Crippen molar-refractivity contribution in [2.24, 2.45) is 0 Å². The minimum atomic E-state index is 0.686. The maximum atomic E-state index is 5.41. The lowest BCUT2D eigenvalue weighted by Gasteiger charge is -2.06. The average molecular weight is 228 g/mol. The van der Waals surface area contributed by atoms with E-state index in [-0.39, 0.29) is 0 Å². The maximum Gasteiger partial charge on any atom is 0.126 e. The first kappa shape index (κ1) is 11.6. The standard InChI is InChI=1S/C14H16N2O/c1-4-17-13-7-5-12(6-8-13)14-9-10(2)15-11(3)16-14/h5-9H,4H2,1-3H3. The van der Waals surface area contributed by atoms with E-state index >= 15 is 0 Å². The Balaban J connectivity index is 2.32. The van der Waals surface area contributed by atoms with Gasteiger partial charge in [0.05, 0.1) is 12.3 Å². The molecule has 2 rings (SSSR count). The highest BCUT2D eigenvalue weighted by molar-refractivity contribution is 5.60. The lowest BCUT2D eigenvalue weighted by Crippen LogP contribution is -1.94. The Bertz CT molecular complexity index is 486. The van der Waals surface area contributed by atoms with Crippen LogP contribution in [0.25, 0.3) is 11.3 Å². The number of nitrogens with zero attached hydrogens (tertiary/aromatic N) is 2. The van der Waals surface area contributed by atoms with E-state index in [1.54, 1.807) is 0 Å². The highest BCUT2D eigenvalue weighted by atomic mass is 16.5. The summed E-state index contributed by atoms with van der Waals surface area (Å²) in [4.78, 5) is 8.70. The molecule has 3 nitrogen and oxygen atoms in total. The summed E-state index contributed by atoms with van der Waals surface area (Å²) < 4.78 is 5.41. The number of hydrogen-bond donors (Lipinski definition) is 0. The fourth-order valence-corrected chi connectivity index (χ4v) is 1.75. The van der Waals surface area contributed by atoms with E-state index in [0.717, 1.165) is 28.5 Å². The van der Waals surface area contributed by atoms with Crippen LogP contribution in [0.3, 0.4) is 0 Å². The van der Waals surface area contributed by atoms with Gasteiger partial charge in [-0.25, -0.2) is 9.97 Å². The van der Waals surface area contributed by atoms with E-state index < -0.39 is 0 Å². The van der Waals surface area contributed by atoms with Crippen LogP contribution in [0, 0.1) is 13.8 Å². The Morgan fingerprint density at radius 3 is 2.35 bits per heavy atom. The molecule has 17 heavy (non-hydrogen) atoms. The molecule has 0 aliphatic heterocycles. The molecule has 1 aromatic heterocycles. The summed E-state index contributed by atoms with van der Waals surface area (Å²) in [7, 11) is 0. The van der Waals surface area contributed by atoms with Crippen molar-refractivity contribution in [3.05, 3.63) is 41.9 Å².